The van der Waals surface area contributed by atoms with Crippen LogP contribution in [0.5, 0.6) is 0 Å². The first kappa shape index (κ1) is 17.9. The van der Waals surface area contributed by atoms with Gasteiger partial charge in [-0.1, -0.05) is 30.8 Å². The van der Waals surface area contributed by atoms with E-state index in [4.69, 9.17) is 0 Å². The van der Waals surface area contributed by atoms with Gasteiger partial charge in [0.15, 0.2) is 0 Å². The third-order valence-electron chi connectivity index (χ3n) is 4.70. The second kappa shape index (κ2) is 7.99. The average Bonchev–Trinajstić information content (AvgIpc) is 3.09. The number of carbonyl (C=O) groups excluding carboxylic acids is 1. The molecule has 0 N–H and O–H groups in total. The maximum Gasteiger partial charge on any atom is 0.236 e. The van der Waals surface area contributed by atoms with E-state index in [0.29, 0.717) is 11.2 Å². The minimum atomic E-state index is -0.207. The molecule has 1 aliphatic heterocycles. The summed E-state index contributed by atoms with van der Waals surface area (Å²) in [5.74, 6) is 0.190. The fraction of sp³-hybridized carbons (Fsp3) is 0.556. The topological polar surface area (TPSA) is 63.9 Å². The quantitative estimate of drug-likeness (QED) is 0.767. The summed E-state index contributed by atoms with van der Waals surface area (Å²) in [4.78, 5) is 15.0. The zero-order chi connectivity index (χ0) is 17.8. The van der Waals surface area contributed by atoms with E-state index in [9.17, 15) is 4.79 Å². The lowest BCUT2D eigenvalue weighted by molar-refractivity contribution is -0.134. The Labute approximate surface area is 153 Å². The molecule has 1 aromatic heterocycles. The Hall–Kier alpha value is -1.89. The normalized spacial score (nSPS) is 19.0. The Kier molecular flexibility index (Phi) is 5.73. The number of amides is 1. The molecule has 0 radical (unpaired) electrons. The van der Waals surface area contributed by atoms with Gasteiger partial charge in [-0.25, -0.2) is 0 Å². The summed E-state index contributed by atoms with van der Waals surface area (Å²) in [7, 11) is 0. The largest absolute Gasteiger partial charge is 0.339 e. The number of thioether (sulfide) groups is 1. The van der Waals surface area contributed by atoms with Crippen molar-refractivity contribution in [1.82, 2.24) is 25.1 Å². The minimum Gasteiger partial charge on any atom is -0.339 e. The molecule has 3 rings (SSSR count). The lowest BCUT2D eigenvalue weighted by Gasteiger charge is -2.36. The van der Waals surface area contributed by atoms with E-state index in [1.54, 1.807) is 4.68 Å². The SMILES string of the molecule is CC[C@@H]1CCCCN1C(=O)[C@H](C)Sc1nnnn1-c1cccc(C)c1. The summed E-state index contributed by atoms with van der Waals surface area (Å²) in [5.41, 5.74) is 2.06. The first-order valence-electron chi connectivity index (χ1n) is 8.92. The maximum absolute atomic E-state index is 12.9. The third kappa shape index (κ3) is 4.03. The maximum atomic E-state index is 12.9. The molecule has 6 nitrogen and oxygen atoms in total. The van der Waals surface area contributed by atoms with Gasteiger partial charge in [0, 0.05) is 12.6 Å². The molecule has 134 valence electrons. The number of tetrazole rings is 1. The van der Waals surface area contributed by atoms with Crippen molar-refractivity contribution in [3.8, 4) is 5.69 Å². The van der Waals surface area contributed by atoms with E-state index >= 15 is 0 Å². The number of benzene rings is 1. The Bertz CT molecular complexity index is 732. The van der Waals surface area contributed by atoms with Crippen molar-refractivity contribution in [3.05, 3.63) is 29.8 Å². The molecule has 1 aliphatic rings. The van der Waals surface area contributed by atoms with Crippen molar-refractivity contribution in [2.75, 3.05) is 6.54 Å². The molecule has 2 aromatic rings. The van der Waals surface area contributed by atoms with Gasteiger partial charge in [0.05, 0.1) is 10.9 Å². The molecule has 0 unspecified atom stereocenters. The van der Waals surface area contributed by atoms with Crippen molar-refractivity contribution < 1.29 is 4.79 Å². The number of hydrogen-bond acceptors (Lipinski definition) is 5. The van der Waals surface area contributed by atoms with E-state index in [1.807, 2.05) is 38.1 Å². The zero-order valence-corrected chi connectivity index (χ0v) is 15.9. The highest BCUT2D eigenvalue weighted by molar-refractivity contribution is 8.00. The lowest BCUT2D eigenvalue weighted by atomic mass is 10.00. The van der Waals surface area contributed by atoms with E-state index in [1.165, 1.54) is 18.2 Å². The van der Waals surface area contributed by atoms with Crippen molar-refractivity contribution in [1.29, 1.82) is 0 Å². The number of hydrogen-bond donors (Lipinski definition) is 0. The Balaban J connectivity index is 1.74. The number of piperidine rings is 1. The van der Waals surface area contributed by atoms with Crippen molar-refractivity contribution in [3.63, 3.8) is 0 Å². The van der Waals surface area contributed by atoms with Gasteiger partial charge in [0.25, 0.3) is 0 Å². The van der Waals surface area contributed by atoms with Crippen LogP contribution in [0.3, 0.4) is 0 Å². The molecule has 1 saturated heterocycles. The first-order chi connectivity index (χ1) is 12.1. The van der Waals surface area contributed by atoms with Crippen LogP contribution in [0.1, 0.15) is 45.1 Å². The highest BCUT2D eigenvalue weighted by Crippen LogP contribution is 2.27. The monoisotopic (exact) mass is 359 g/mol. The van der Waals surface area contributed by atoms with Crippen LogP contribution in [0.2, 0.25) is 0 Å². The minimum absolute atomic E-state index is 0.190. The molecular weight excluding hydrogens is 334 g/mol. The standard InChI is InChI=1S/C18H25N5OS/c1-4-15-9-5-6-11-22(15)17(24)14(3)25-18-19-20-21-23(18)16-10-7-8-13(2)12-16/h7-8,10,12,14-15H,4-6,9,11H2,1-3H3/t14-,15+/m0/s1. The molecule has 7 heteroatoms. The van der Waals surface area contributed by atoms with Crippen LogP contribution in [-0.4, -0.2) is 48.9 Å². The second-order valence-electron chi connectivity index (χ2n) is 6.56. The van der Waals surface area contributed by atoms with Crippen molar-refractivity contribution >= 4 is 17.7 Å². The first-order valence-corrected chi connectivity index (χ1v) is 9.80. The molecule has 0 spiro atoms. The van der Waals surface area contributed by atoms with Crippen molar-refractivity contribution in [2.45, 2.75) is 62.9 Å². The predicted molar refractivity (Wildman–Crippen MR) is 98.9 cm³/mol. The second-order valence-corrected chi connectivity index (χ2v) is 7.87. The fourth-order valence-electron chi connectivity index (χ4n) is 3.33. The van der Waals surface area contributed by atoms with Gasteiger partial charge in [-0.2, -0.15) is 4.68 Å². The summed E-state index contributed by atoms with van der Waals surface area (Å²) in [6.07, 6.45) is 4.45. The predicted octanol–water partition coefficient (Wildman–Crippen LogP) is 3.24. The number of aryl methyl sites for hydroxylation is 1. The molecular formula is C18H25N5OS. The third-order valence-corrected chi connectivity index (χ3v) is 5.72. The molecule has 1 amide bonds. The number of likely N-dealkylation sites (tertiary alicyclic amines) is 1. The Morgan fingerprint density at radius 3 is 3.00 bits per heavy atom. The molecule has 25 heavy (non-hydrogen) atoms. The smallest absolute Gasteiger partial charge is 0.236 e. The van der Waals surface area contributed by atoms with E-state index in [-0.39, 0.29) is 11.2 Å². The summed E-state index contributed by atoms with van der Waals surface area (Å²) in [6.45, 7) is 7.01. The van der Waals surface area contributed by atoms with Gasteiger partial charge < -0.3 is 4.90 Å². The molecule has 0 aliphatic carbocycles. The van der Waals surface area contributed by atoms with Crippen LogP contribution in [0.4, 0.5) is 0 Å². The van der Waals surface area contributed by atoms with Crippen LogP contribution in [0, 0.1) is 6.92 Å². The van der Waals surface area contributed by atoms with Gasteiger partial charge in [-0.3, -0.25) is 4.79 Å². The number of nitrogens with zero attached hydrogens (tertiary/aromatic N) is 5. The lowest BCUT2D eigenvalue weighted by Crippen LogP contribution is -2.46. The fourth-order valence-corrected chi connectivity index (χ4v) is 4.21. The summed E-state index contributed by atoms with van der Waals surface area (Å²) >= 11 is 1.43. The molecule has 1 fully saturated rings. The van der Waals surface area contributed by atoms with Gasteiger partial charge in [-0.05, 0) is 67.7 Å². The van der Waals surface area contributed by atoms with Gasteiger partial charge in [-0.15, -0.1) is 5.10 Å². The van der Waals surface area contributed by atoms with Crippen LogP contribution in [0.25, 0.3) is 5.69 Å². The number of aromatic nitrogens is 4. The Morgan fingerprint density at radius 1 is 1.40 bits per heavy atom. The molecule has 0 bridgehead atoms. The highest BCUT2D eigenvalue weighted by Gasteiger charge is 2.30. The van der Waals surface area contributed by atoms with Crippen LogP contribution in [-0.2, 0) is 4.79 Å². The van der Waals surface area contributed by atoms with Crippen LogP contribution < -0.4 is 0 Å². The van der Waals surface area contributed by atoms with Gasteiger partial charge in [0.2, 0.25) is 11.1 Å². The molecule has 0 saturated carbocycles. The van der Waals surface area contributed by atoms with Crippen LogP contribution >= 0.6 is 11.8 Å². The van der Waals surface area contributed by atoms with Crippen molar-refractivity contribution in [2.24, 2.45) is 0 Å². The molecule has 1 aromatic carbocycles. The summed E-state index contributed by atoms with van der Waals surface area (Å²) in [5, 5.41) is 12.5. The van der Waals surface area contributed by atoms with E-state index in [0.717, 1.165) is 37.1 Å². The Morgan fingerprint density at radius 2 is 2.24 bits per heavy atom. The van der Waals surface area contributed by atoms with Crippen LogP contribution in [0.15, 0.2) is 29.4 Å². The average molecular weight is 359 g/mol. The van der Waals surface area contributed by atoms with E-state index < -0.39 is 0 Å². The summed E-state index contributed by atoms with van der Waals surface area (Å²) in [6, 6.07) is 8.39. The number of carbonyl (C=O) groups is 1. The number of rotatable bonds is 5. The summed E-state index contributed by atoms with van der Waals surface area (Å²) < 4.78 is 1.70. The molecule has 2 heterocycles. The zero-order valence-electron chi connectivity index (χ0n) is 15.1. The molecule has 2 atom stereocenters. The van der Waals surface area contributed by atoms with Gasteiger partial charge in [0.1, 0.15) is 0 Å². The highest BCUT2D eigenvalue weighted by atomic mass is 32.2. The van der Waals surface area contributed by atoms with Gasteiger partial charge >= 0.3 is 0 Å². The van der Waals surface area contributed by atoms with E-state index in [2.05, 4.69) is 27.3 Å².